The summed E-state index contributed by atoms with van der Waals surface area (Å²) in [5, 5.41) is 10.4. The molecule has 4 heteroatoms. The predicted octanol–water partition coefficient (Wildman–Crippen LogP) is 3.54. The average molecular weight is 319 g/mol. The second kappa shape index (κ2) is 6.60. The molecule has 3 rings (SSSR count). The van der Waals surface area contributed by atoms with E-state index in [0.29, 0.717) is 23.6 Å². The van der Waals surface area contributed by atoms with E-state index in [0.717, 1.165) is 32.1 Å². The highest BCUT2D eigenvalue weighted by molar-refractivity contribution is 5.94. The standard InChI is InChI=1S/C19H26FNO2/c1-12-5-8-18(22)15(10-12)17-4-3-9-21(17)19(23)14-7-6-13(2)16(20)11-14/h6-7,11-12,15,17-18,22H,3-5,8-10H2,1-2H3/t12-,15+,17-,18-/m1/s1. The third-order valence-electron chi connectivity index (χ3n) is 5.60. The minimum atomic E-state index is -0.335. The smallest absolute Gasteiger partial charge is 0.254 e. The van der Waals surface area contributed by atoms with Gasteiger partial charge < -0.3 is 10.0 Å². The Morgan fingerprint density at radius 1 is 1.30 bits per heavy atom. The molecule has 126 valence electrons. The van der Waals surface area contributed by atoms with Gasteiger partial charge in [0.15, 0.2) is 0 Å². The second-order valence-electron chi connectivity index (χ2n) is 7.32. The van der Waals surface area contributed by atoms with Crippen molar-refractivity contribution in [2.75, 3.05) is 6.54 Å². The largest absolute Gasteiger partial charge is 0.393 e. The Balaban J connectivity index is 1.80. The number of amides is 1. The van der Waals surface area contributed by atoms with Crippen LogP contribution in [0.3, 0.4) is 0 Å². The number of aliphatic hydroxyl groups is 1. The van der Waals surface area contributed by atoms with Crippen LogP contribution in [0.15, 0.2) is 18.2 Å². The number of likely N-dealkylation sites (tertiary alicyclic amines) is 1. The van der Waals surface area contributed by atoms with Crippen molar-refractivity contribution in [1.82, 2.24) is 4.90 Å². The van der Waals surface area contributed by atoms with E-state index in [2.05, 4.69) is 6.92 Å². The van der Waals surface area contributed by atoms with Gasteiger partial charge >= 0.3 is 0 Å². The van der Waals surface area contributed by atoms with Gasteiger partial charge in [-0.05, 0) is 62.6 Å². The van der Waals surface area contributed by atoms with Crippen LogP contribution < -0.4 is 0 Å². The summed E-state index contributed by atoms with van der Waals surface area (Å²) in [4.78, 5) is 14.7. The molecule has 1 aromatic rings. The van der Waals surface area contributed by atoms with Crippen LogP contribution in [0.1, 0.15) is 54.9 Å². The van der Waals surface area contributed by atoms with Crippen molar-refractivity contribution in [3.8, 4) is 0 Å². The molecule has 1 heterocycles. The topological polar surface area (TPSA) is 40.5 Å². The molecule has 0 bridgehead atoms. The van der Waals surface area contributed by atoms with Crippen LogP contribution >= 0.6 is 0 Å². The van der Waals surface area contributed by atoms with Crippen LogP contribution in [-0.2, 0) is 0 Å². The molecule has 1 saturated heterocycles. The van der Waals surface area contributed by atoms with Crippen molar-refractivity contribution in [3.05, 3.63) is 35.1 Å². The molecule has 1 aliphatic heterocycles. The monoisotopic (exact) mass is 319 g/mol. The van der Waals surface area contributed by atoms with E-state index < -0.39 is 0 Å². The van der Waals surface area contributed by atoms with Crippen LogP contribution in [0.4, 0.5) is 4.39 Å². The second-order valence-corrected chi connectivity index (χ2v) is 7.32. The zero-order chi connectivity index (χ0) is 16.6. The minimum absolute atomic E-state index is 0.0876. The van der Waals surface area contributed by atoms with Gasteiger partial charge in [-0.3, -0.25) is 4.79 Å². The number of halogens is 1. The molecular weight excluding hydrogens is 293 g/mol. The molecule has 0 unspecified atom stereocenters. The number of carbonyl (C=O) groups is 1. The molecule has 4 atom stereocenters. The lowest BCUT2D eigenvalue weighted by Crippen LogP contribution is -2.46. The molecule has 0 radical (unpaired) electrons. The maximum absolute atomic E-state index is 13.8. The summed E-state index contributed by atoms with van der Waals surface area (Å²) < 4.78 is 13.8. The van der Waals surface area contributed by atoms with Crippen molar-refractivity contribution < 1.29 is 14.3 Å². The van der Waals surface area contributed by atoms with E-state index in [1.807, 2.05) is 4.90 Å². The number of aliphatic hydroxyl groups excluding tert-OH is 1. The van der Waals surface area contributed by atoms with Crippen molar-refractivity contribution in [2.24, 2.45) is 11.8 Å². The summed E-state index contributed by atoms with van der Waals surface area (Å²) in [6.45, 7) is 4.62. The number of nitrogens with zero attached hydrogens (tertiary/aromatic N) is 1. The first-order valence-corrected chi connectivity index (χ1v) is 8.72. The Morgan fingerprint density at radius 2 is 2.09 bits per heavy atom. The Morgan fingerprint density at radius 3 is 2.83 bits per heavy atom. The lowest BCUT2D eigenvalue weighted by atomic mass is 9.76. The Bertz CT molecular complexity index is 589. The molecule has 23 heavy (non-hydrogen) atoms. The van der Waals surface area contributed by atoms with Gasteiger partial charge in [-0.1, -0.05) is 13.0 Å². The fourth-order valence-electron chi connectivity index (χ4n) is 4.20. The number of benzene rings is 1. The first-order valence-electron chi connectivity index (χ1n) is 8.72. The van der Waals surface area contributed by atoms with Gasteiger partial charge in [-0.2, -0.15) is 0 Å². The summed E-state index contributed by atoms with van der Waals surface area (Å²) in [5.41, 5.74) is 0.967. The van der Waals surface area contributed by atoms with Gasteiger partial charge in [0.05, 0.1) is 6.10 Å². The van der Waals surface area contributed by atoms with E-state index in [9.17, 15) is 14.3 Å². The summed E-state index contributed by atoms with van der Waals surface area (Å²) in [7, 11) is 0. The third-order valence-corrected chi connectivity index (χ3v) is 5.60. The maximum Gasteiger partial charge on any atom is 0.254 e. The molecule has 1 aromatic carbocycles. The maximum atomic E-state index is 13.8. The van der Waals surface area contributed by atoms with Crippen molar-refractivity contribution >= 4 is 5.91 Å². The zero-order valence-electron chi connectivity index (χ0n) is 14.0. The van der Waals surface area contributed by atoms with Gasteiger partial charge in [0.2, 0.25) is 0 Å². The van der Waals surface area contributed by atoms with Gasteiger partial charge in [-0.25, -0.2) is 4.39 Å². The first kappa shape index (κ1) is 16.4. The molecule has 0 spiro atoms. The summed E-state index contributed by atoms with van der Waals surface area (Å²) in [6, 6.07) is 4.79. The van der Waals surface area contributed by atoms with Crippen molar-refractivity contribution in [3.63, 3.8) is 0 Å². The molecule has 3 nitrogen and oxygen atoms in total. The Hall–Kier alpha value is -1.42. The molecule has 2 aliphatic rings. The normalized spacial score (nSPS) is 31.4. The van der Waals surface area contributed by atoms with Gasteiger partial charge in [0.25, 0.3) is 5.91 Å². The number of carbonyl (C=O) groups excluding carboxylic acids is 1. The quantitative estimate of drug-likeness (QED) is 0.906. The van der Waals surface area contributed by atoms with E-state index in [1.54, 1.807) is 19.1 Å². The number of hydrogen-bond donors (Lipinski definition) is 1. The minimum Gasteiger partial charge on any atom is -0.393 e. The molecule has 1 saturated carbocycles. The van der Waals surface area contributed by atoms with E-state index in [1.165, 1.54) is 6.07 Å². The van der Waals surface area contributed by atoms with Crippen LogP contribution in [0, 0.1) is 24.6 Å². The van der Waals surface area contributed by atoms with Crippen molar-refractivity contribution in [1.29, 1.82) is 0 Å². The summed E-state index contributed by atoms with van der Waals surface area (Å²) in [6.07, 6.45) is 4.43. The van der Waals surface area contributed by atoms with Crippen LogP contribution in [0.5, 0.6) is 0 Å². The third kappa shape index (κ3) is 3.27. The van der Waals surface area contributed by atoms with Gasteiger partial charge in [-0.15, -0.1) is 0 Å². The summed E-state index contributed by atoms with van der Waals surface area (Å²) in [5.74, 6) is 0.313. The van der Waals surface area contributed by atoms with Gasteiger partial charge in [0, 0.05) is 24.1 Å². The van der Waals surface area contributed by atoms with Crippen LogP contribution in [-0.4, -0.2) is 34.6 Å². The molecular formula is C19H26FNO2. The molecule has 1 amide bonds. The van der Waals surface area contributed by atoms with Crippen molar-refractivity contribution in [2.45, 2.75) is 58.1 Å². The predicted molar refractivity (Wildman–Crippen MR) is 87.7 cm³/mol. The number of hydrogen-bond acceptors (Lipinski definition) is 2. The molecule has 1 aliphatic carbocycles. The number of rotatable bonds is 2. The fourth-order valence-corrected chi connectivity index (χ4v) is 4.20. The lowest BCUT2D eigenvalue weighted by Gasteiger charge is -2.39. The van der Waals surface area contributed by atoms with Gasteiger partial charge in [0.1, 0.15) is 5.82 Å². The molecule has 2 fully saturated rings. The SMILES string of the molecule is Cc1ccc(C(=O)N2CCC[C@@H]2[C@@H]2C[C@H](C)CC[C@H]2O)cc1F. The highest BCUT2D eigenvalue weighted by Crippen LogP contribution is 2.37. The van der Waals surface area contributed by atoms with Crippen LogP contribution in [0.25, 0.3) is 0 Å². The fraction of sp³-hybridized carbons (Fsp3) is 0.632. The van der Waals surface area contributed by atoms with E-state index in [4.69, 9.17) is 0 Å². The Kier molecular flexibility index (Phi) is 4.72. The average Bonchev–Trinajstić information content (AvgIpc) is 3.01. The highest BCUT2D eigenvalue weighted by atomic mass is 19.1. The zero-order valence-corrected chi connectivity index (χ0v) is 14.0. The van der Waals surface area contributed by atoms with Crippen LogP contribution in [0.2, 0.25) is 0 Å². The highest BCUT2D eigenvalue weighted by Gasteiger charge is 2.40. The Labute approximate surface area is 137 Å². The van der Waals surface area contributed by atoms with E-state index >= 15 is 0 Å². The number of aryl methyl sites for hydroxylation is 1. The first-order chi connectivity index (χ1) is 11.0. The lowest BCUT2D eigenvalue weighted by molar-refractivity contribution is 0.00858. The van der Waals surface area contributed by atoms with E-state index in [-0.39, 0.29) is 29.8 Å². The summed E-state index contributed by atoms with van der Waals surface area (Å²) >= 11 is 0. The molecule has 1 N–H and O–H groups in total. The molecule has 0 aromatic heterocycles.